The van der Waals surface area contributed by atoms with E-state index in [9.17, 15) is 22.0 Å². The summed E-state index contributed by atoms with van der Waals surface area (Å²) >= 11 is 0. The zero-order valence-electron chi connectivity index (χ0n) is 11.3. The number of sulfonamides is 1. The van der Waals surface area contributed by atoms with Crippen LogP contribution in [0, 0.1) is 17.6 Å². The second-order valence-electron chi connectivity index (χ2n) is 5.31. The fourth-order valence-electron chi connectivity index (χ4n) is 2.48. The number of hydrogen-bond acceptors (Lipinski definition) is 3. The van der Waals surface area contributed by atoms with E-state index in [1.54, 1.807) is 0 Å². The summed E-state index contributed by atoms with van der Waals surface area (Å²) in [6, 6.07) is 0.733. The van der Waals surface area contributed by atoms with E-state index in [-0.39, 0.29) is 6.04 Å². The molecule has 116 valence electrons. The van der Waals surface area contributed by atoms with Crippen LogP contribution in [-0.4, -0.2) is 25.5 Å². The van der Waals surface area contributed by atoms with Crippen LogP contribution >= 0.6 is 0 Å². The zero-order chi connectivity index (χ0) is 15.8. The predicted molar refractivity (Wildman–Crippen MR) is 70.4 cm³/mol. The second-order valence-corrected chi connectivity index (χ2v) is 6.99. The monoisotopic (exact) mass is 319 g/mol. The molecule has 0 spiro atoms. The van der Waals surface area contributed by atoms with Gasteiger partial charge < -0.3 is 5.11 Å². The molecule has 2 N–H and O–H groups in total. The topological polar surface area (TPSA) is 83.5 Å². The van der Waals surface area contributed by atoms with Crippen molar-refractivity contribution in [1.82, 2.24) is 4.72 Å². The van der Waals surface area contributed by atoms with Gasteiger partial charge in [0.05, 0.1) is 5.56 Å². The molecule has 1 aromatic rings. The van der Waals surface area contributed by atoms with Gasteiger partial charge >= 0.3 is 5.97 Å². The molecule has 0 heterocycles. The van der Waals surface area contributed by atoms with Crippen LogP contribution in [-0.2, 0) is 10.0 Å². The van der Waals surface area contributed by atoms with Crippen molar-refractivity contribution in [3.63, 3.8) is 0 Å². The van der Waals surface area contributed by atoms with Gasteiger partial charge in [-0.05, 0) is 37.3 Å². The van der Waals surface area contributed by atoms with Gasteiger partial charge in [0.25, 0.3) is 0 Å². The van der Waals surface area contributed by atoms with Crippen LogP contribution in [0.3, 0.4) is 0 Å². The van der Waals surface area contributed by atoms with Crippen LogP contribution in [0.4, 0.5) is 8.78 Å². The molecule has 0 aliphatic heterocycles. The van der Waals surface area contributed by atoms with Crippen molar-refractivity contribution in [2.24, 2.45) is 5.92 Å². The maximum absolute atomic E-state index is 13.7. The van der Waals surface area contributed by atoms with Crippen molar-refractivity contribution in [2.75, 3.05) is 0 Å². The molecule has 0 aromatic heterocycles. The van der Waals surface area contributed by atoms with Gasteiger partial charge in [-0.1, -0.05) is 6.92 Å². The Morgan fingerprint density at radius 2 is 2.00 bits per heavy atom. The Labute approximate surface area is 121 Å². The molecule has 2 unspecified atom stereocenters. The Hall–Kier alpha value is -1.54. The maximum atomic E-state index is 13.7. The zero-order valence-corrected chi connectivity index (χ0v) is 12.1. The smallest absolute Gasteiger partial charge is 0.335 e. The van der Waals surface area contributed by atoms with Gasteiger partial charge in [-0.2, -0.15) is 0 Å². The summed E-state index contributed by atoms with van der Waals surface area (Å²) in [4.78, 5) is 9.85. The SMILES string of the molecule is CC1CCC(NS(=O)(=O)c2cc(C(=O)O)cc(F)c2F)C1. The first-order chi connectivity index (χ1) is 9.70. The molecule has 0 amide bonds. The van der Waals surface area contributed by atoms with Gasteiger partial charge in [0.1, 0.15) is 4.90 Å². The first-order valence-electron chi connectivity index (χ1n) is 6.45. The molecule has 0 bridgehead atoms. The minimum atomic E-state index is -4.30. The highest BCUT2D eigenvalue weighted by Crippen LogP contribution is 2.27. The molecule has 21 heavy (non-hydrogen) atoms. The molecule has 2 rings (SSSR count). The summed E-state index contributed by atoms with van der Waals surface area (Å²) in [5.41, 5.74) is -0.617. The second kappa shape index (κ2) is 5.69. The van der Waals surface area contributed by atoms with Crippen molar-refractivity contribution >= 4 is 16.0 Å². The van der Waals surface area contributed by atoms with Crippen molar-refractivity contribution in [2.45, 2.75) is 37.1 Å². The fourth-order valence-corrected chi connectivity index (χ4v) is 3.88. The van der Waals surface area contributed by atoms with E-state index in [0.29, 0.717) is 30.9 Å². The largest absolute Gasteiger partial charge is 0.478 e. The number of rotatable bonds is 4. The first kappa shape index (κ1) is 15.8. The number of carboxylic acid groups (broad SMARTS) is 1. The Bertz CT molecular complexity index is 675. The molecule has 8 heteroatoms. The minimum absolute atomic E-state index is 0.346. The highest BCUT2D eigenvalue weighted by atomic mass is 32.2. The van der Waals surface area contributed by atoms with Crippen molar-refractivity contribution in [3.05, 3.63) is 29.3 Å². The van der Waals surface area contributed by atoms with E-state index in [4.69, 9.17) is 5.11 Å². The average molecular weight is 319 g/mol. The Morgan fingerprint density at radius 3 is 2.52 bits per heavy atom. The van der Waals surface area contributed by atoms with Crippen molar-refractivity contribution < 1.29 is 27.1 Å². The van der Waals surface area contributed by atoms with E-state index in [0.717, 1.165) is 6.42 Å². The summed E-state index contributed by atoms with van der Waals surface area (Å²) in [7, 11) is -4.30. The van der Waals surface area contributed by atoms with Crippen molar-refractivity contribution in [1.29, 1.82) is 0 Å². The number of aromatic carboxylic acids is 1. The van der Waals surface area contributed by atoms with Crippen LogP contribution in [0.2, 0.25) is 0 Å². The van der Waals surface area contributed by atoms with E-state index >= 15 is 0 Å². The number of carboxylic acids is 1. The molecular weight excluding hydrogens is 304 g/mol. The molecule has 1 saturated carbocycles. The lowest BCUT2D eigenvalue weighted by Gasteiger charge is -2.14. The standard InChI is InChI=1S/C13H15F2NO4S/c1-7-2-3-9(4-7)16-21(19,20)11-6-8(13(17)18)5-10(14)12(11)15/h5-7,9,16H,2-4H2,1H3,(H,17,18). The lowest BCUT2D eigenvalue weighted by atomic mass is 10.1. The Kier molecular flexibility index (Phi) is 4.29. The summed E-state index contributed by atoms with van der Waals surface area (Å²) in [5, 5.41) is 8.80. The Balaban J connectivity index is 2.37. The highest BCUT2D eigenvalue weighted by molar-refractivity contribution is 7.89. The summed E-state index contributed by atoms with van der Waals surface area (Å²) in [6.07, 6.45) is 2.07. The third kappa shape index (κ3) is 3.38. The van der Waals surface area contributed by atoms with Crippen LogP contribution in [0.15, 0.2) is 17.0 Å². The van der Waals surface area contributed by atoms with E-state index in [1.807, 2.05) is 6.92 Å². The van der Waals surface area contributed by atoms with Gasteiger partial charge in [0.2, 0.25) is 10.0 Å². The van der Waals surface area contributed by atoms with Crippen LogP contribution < -0.4 is 4.72 Å². The van der Waals surface area contributed by atoms with Gasteiger partial charge in [0, 0.05) is 6.04 Å². The molecule has 1 fully saturated rings. The van der Waals surface area contributed by atoms with E-state index < -0.39 is 38.1 Å². The minimum Gasteiger partial charge on any atom is -0.478 e. The predicted octanol–water partition coefficient (Wildman–Crippen LogP) is 2.13. The lowest BCUT2D eigenvalue weighted by molar-refractivity contribution is 0.0696. The van der Waals surface area contributed by atoms with Crippen LogP contribution in [0.5, 0.6) is 0 Å². The summed E-state index contributed by atoms with van der Waals surface area (Å²) < 4.78 is 53.7. The average Bonchev–Trinajstić information content (AvgIpc) is 2.76. The van der Waals surface area contributed by atoms with Crippen molar-refractivity contribution in [3.8, 4) is 0 Å². The molecular formula is C13H15F2NO4S. The molecule has 1 aliphatic carbocycles. The summed E-state index contributed by atoms with van der Waals surface area (Å²) in [5.74, 6) is -4.25. The molecule has 2 atom stereocenters. The Morgan fingerprint density at radius 1 is 1.33 bits per heavy atom. The highest BCUT2D eigenvalue weighted by Gasteiger charge is 2.30. The fraction of sp³-hybridized carbons (Fsp3) is 0.462. The number of nitrogens with one attached hydrogen (secondary N) is 1. The third-order valence-electron chi connectivity index (χ3n) is 3.55. The number of carbonyl (C=O) groups is 1. The number of hydrogen-bond donors (Lipinski definition) is 2. The van der Waals surface area contributed by atoms with E-state index in [2.05, 4.69) is 4.72 Å². The number of halogens is 2. The first-order valence-corrected chi connectivity index (χ1v) is 7.93. The third-order valence-corrected chi connectivity index (χ3v) is 5.07. The quantitative estimate of drug-likeness (QED) is 0.890. The van der Waals surface area contributed by atoms with Crippen LogP contribution in [0.25, 0.3) is 0 Å². The van der Waals surface area contributed by atoms with Gasteiger partial charge in [0.15, 0.2) is 11.6 Å². The number of benzene rings is 1. The van der Waals surface area contributed by atoms with Gasteiger partial charge in [-0.15, -0.1) is 0 Å². The molecule has 1 aliphatic rings. The maximum Gasteiger partial charge on any atom is 0.335 e. The molecule has 0 radical (unpaired) electrons. The summed E-state index contributed by atoms with van der Waals surface area (Å²) in [6.45, 7) is 1.97. The molecule has 5 nitrogen and oxygen atoms in total. The van der Waals surface area contributed by atoms with Gasteiger partial charge in [-0.25, -0.2) is 26.7 Å². The molecule has 0 saturated heterocycles. The van der Waals surface area contributed by atoms with Gasteiger partial charge in [-0.3, -0.25) is 0 Å². The van der Waals surface area contributed by atoms with Crippen LogP contribution in [0.1, 0.15) is 36.5 Å². The normalized spacial score (nSPS) is 22.4. The lowest BCUT2D eigenvalue weighted by Crippen LogP contribution is -2.33. The molecule has 1 aromatic carbocycles. The van der Waals surface area contributed by atoms with E-state index in [1.165, 1.54) is 0 Å².